The van der Waals surface area contributed by atoms with E-state index < -0.39 is 6.10 Å². The van der Waals surface area contributed by atoms with Gasteiger partial charge in [0.25, 0.3) is 5.91 Å². The number of carbonyl (C=O) groups is 2. The monoisotopic (exact) mass is 418 g/mol. The van der Waals surface area contributed by atoms with Crippen molar-refractivity contribution in [2.75, 3.05) is 19.6 Å². The number of aliphatic hydroxyl groups excluding tert-OH is 1. The first kappa shape index (κ1) is 23.0. The quantitative estimate of drug-likeness (QED) is 0.397. The van der Waals surface area contributed by atoms with E-state index in [0.717, 1.165) is 36.5 Å². The van der Waals surface area contributed by atoms with Crippen LogP contribution in [0.2, 0.25) is 0 Å². The molecule has 2 atom stereocenters. The molecule has 1 aliphatic rings. The smallest absolute Gasteiger partial charge is 0.273 e. The largest absolute Gasteiger partial charge is 0.389 e. The highest BCUT2D eigenvalue weighted by Gasteiger charge is 2.22. The van der Waals surface area contributed by atoms with E-state index >= 15 is 0 Å². The molecule has 1 fully saturated rings. The zero-order valence-corrected chi connectivity index (χ0v) is 17.7. The second-order valence-electron chi connectivity index (χ2n) is 7.16. The number of hydrogen-bond donors (Lipinski definition) is 3. The maximum atomic E-state index is 12.4. The molecule has 2 rings (SSSR count). The van der Waals surface area contributed by atoms with Crippen molar-refractivity contribution in [2.45, 2.75) is 44.8 Å². The number of nitrogens with two attached hydrogens (primary N) is 1. The molecule has 1 saturated heterocycles. The Morgan fingerprint density at radius 2 is 2.17 bits per heavy atom. The molecule has 4 N–H and O–H groups in total. The van der Waals surface area contributed by atoms with Crippen molar-refractivity contribution in [1.82, 2.24) is 15.2 Å². The van der Waals surface area contributed by atoms with Gasteiger partial charge in [-0.15, -0.1) is 11.3 Å². The number of thiazole rings is 1. The molecule has 7 nitrogen and oxygen atoms in total. The van der Waals surface area contributed by atoms with E-state index in [9.17, 15) is 14.7 Å². The van der Waals surface area contributed by atoms with Crippen molar-refractivity contribution < 1.29 is 14.7 Å². The predicted octanol–water partition coefficient (Wildman–Crippen LogP) is 1.80. The van der Waals surface area contributed by atoms with Gasteiger partial charge in [-0.3, -0.25) is 9.59 Å². The van der Waals surface area contributed by atoms with Gasteiger partial charge < -0.3 is 21.1 Å². The Morgan fingerprint density at radius 3 is 2.86 bits per heavy atom. The fourth-order valence-corrected chi connectivity index (χ4v) is 3.97. The van der Waals surface area contributed by atoms with Crippen LogP contribution in [0.15, 0.2) is 41.8 Å². The molecule has 2 heterocycles. The highest BCUT2D eigenvalue weighted by molar-refractivity contribution is 7.09. The summed E-state index contributed by atoms with van der Waals surface area (Å²) in [6.07, 6.45) is 8.92. The summed E-state index contributed by atoms with van der Waals surface area (Å²) in [6.45, 7) is 7.26. The fourth-order valence-electron chi connectivity index (χ4n) is 3.11. The molecule has 1 aromatic rings. The summed E-state index contributed by atoms with van der Waals surface area (Å²) in [4.78, 5) is 29.7. The molecule has 8 heteroatoms. The van der Waals surface area contributed by atoms with Crippen LogP contribution in [0.3, 0.4) is 0 Å². The van der Waals surface area contributed by atoms with Crippen LogP contribution in [0.5, 0.6) is 0 Å². The number of aromatic nitrogens is 1. The van der Waals surface area contributed by atoms with E-state index in [2.05, 4.69) is 16.9 Å². The Labute approximate surface area is 176 Å². The highest BCUT2D eigenvalue weighted by Crippen LogP contribution is 2.17. The Morgan fingerprint density at radius 1 is 1.45 bits per heavy atom. The van der Waals surface area contributed by atoms with Gasteiger partial charge in [0.1, 0.15) is 5.69 Å². The number of nitrogens with zero attached hydrogens (tertiary/aromatic N) is 2. The van der Waals surface area contributed by atoms with Gasteiger partial charge in [-0.05, 0) is 32.3 Å². The second kappa shape index (κ2) is 11.6. The molecule has 0 saturated carbocycles. The first-order valence-corrected chi connectivity index (χ1v) is 10.7. The maximum absolute atomic E-state index is 12.4. The first-order chi connectivity index (χ1) is 13.9. The van der Waals surface area contributed by atoms with E-state index in [0.29, 0.717) is 25.1 Å². The lowest BCUT2D eigenvalue weighted by Gasteiger charge is -2.14. The molecule has 0 spiro atoms. The zero-order chi connectivity index (χ0) is 21.2. The van der Waals surface area contributed by atoms with E-state index in [4.69, 9.17) is 5.73 Å². The van der Waals surface area contributed by atoms with Crippen LogP contribution in [-0.2, 0) is 11.2 Å². The molecule has 158 valence electrons. The Hall–Kier alpha value is -2.29. The summed E-state index contributed by atoms with van der Waals surface area (Å²) < 4.78 is 0. The number of carbonyl (C=O) groups excluding carboxylic acids is 2. The fraction of sp³-hybridized carbons (Fsp3) is 0.476. The molecule has 0 aromatic carbocycles. The molecule has 0 bridgehead atoms. The third kappa shape index (κ3) is 7.92. The maximum Gasteiger partial charge on any atom is 0.273 e. The summed E-state index contributed by atoms with van der Waals surface area (Å²) in [5.74, 6) is -0.233. The average Bonchev–Trinajstić information content (AvgIpc) is 3.36. The van der Waals surface area contributed by atoms with Crippen molar-refractivity contribution >= 4 is 23.2 Å². The minimum absolute atomic E-state index is 0.00627. The van der Waals surface area contributed by atoms with Crippen molar-refractivity contribution in [3.05, 3.63) is 52.5 Å². The number of amides is 2. The van der Waals surface area contributed by atoms with Gasteiger partial charge in [-0.25, -0.2) is 4.98 Å². The SMILES string of the molecule is C=CC(=O)NC/C=C/C(C)=C/C(O)CC(N)Cc1nc(C(=O)N2CCCC2)cs1. The third-order valence-electron chi connectivity index (χ3n) is 4.56. The number of aliphatic hydroxyl groups is 1. The number of rotatable bonds is 10. The van der Waals surface area contributed by atoms with Crippen molar-refractivity contribution in [2.24, 2.45) is 5.73 Å². The van der Waals surface area contributed by atoms with Crippen LogP contribution in [0.25, 0.3) is 0 Å². The van der Waals surface area contributed by atoms with Crippen LogP contribution in [0, 0.1) is 0 Å². The Bertz CT molecular complexity index is 766. The minimum atomic E-state index is -0.678. The Kier molecular flexibility index (Phi) is 9.24. The number of nitrogens with one attached hydrogen (secondary N) is 1. The Balaban J connectivity index is 1.78. The van der Waals surface area contributed by atoms with Crippen molar-refractivity contribution in [3.8, 4) is 0 Å². The molecular weight excluding hydrogens is 388 g/mol. The van der Waals surface area contributed by atoms with Crippen LogP contribution in [0.4, 0.5) is 0 Å². The van der Waals surface area contributed by atoms with Crippen LogP contribution < -0.4 is 11.1 Å². The number of allylic oxidation sites excluding steroid dienone is 2. The van der Waals surface area contributed by atoms with Gasteiger partial charge in [0, 0.05) is 37.5 Å². The third-order valence-corrected chi connectivity index (χ3v) is 5.43. The molecular formula is C21H30N4O3S. The topological polar surface area (TPSA) is 109 Å². The summed E-state index contributed by atoms with van der Waals surface area (Å²) >= 11 is 1.44. The first-order valence-electron chi connectivity index (χ1n) is 9.81. The van der Waals surface area contributed by atoms with E-state index in [-0.39, 0.29) is 17.9 Å². The van der Waals surface area contributed by atoms with Crippen LogP contribution in [0.1, 0.15) is 41.7 Å². The molecule has 29 heavy (non-hydrogen) atoms. The van der Waals surface area contributed by atoms with Crippen LogP contribution in [-0.4, -0.2) is 58.6 Å². The van der Waals surface area contributed by atoms with Crippen molar-refractivity contribution in [3.63, 3.8) is 0 Å². The van der Waals surface area contributed by atoms with Gasteiger partial charge >= 0.3 is 0 Å². The van der Waals surface area contributed by atoms with E-state index in [1.165, 1.54) is 17.4 Å². The summed E-state index contributed by atoms with van der Waals surface area (Å²) in [5.41, 5.74) is 7.54. The van der Waals surface area contributed by atoms with Gasteiger partial charge in [-0.2, -0.15) is 0 Å². The molecule has 2 amide bonds. The lowest BCUT2D eigenvalue weighted by molar-refractivity contribution is -0.116. The van der Waals surface area contributed by atoms with Gasteiger partial charge in [0.05, 0.1) is 11.1 Å². The molecule has 0 radical (unpaired) electrons. The van der Waals surface area contributed by atoms with Gasteiger partial charge in [-0.1, -0.05) is 30.4 Å². The highest BCUT2D eigenvalue weighted by atomic mass is 32.1. The summed E-state index contributed by atoms with van der Waals surface area (Å²) in [7, 11) is 0. The molecule has 1 aromatic heterocycles. The summed E-state index contributed by atoms with van der Waals surface area (Å²) in [6, 6.07) is -0.259. The molecule has 2 unspecified atom stereocenters. The minimum Gasteiger partial charge on any atom is -0.389 e. The van der Waals surface area contributed by atoms with Crippen LogP contribution >= 0.6 is 11.3 Å². The van der Waals surface area contributed by atoms with Gasteiger partial charge in [0.15, 0.2) is 0 Å². The summed E-state index contributed by atoms with van der Waals surface area (Å²) in [5, 5.41) is 15.5. The normalized spacial score (nSPS) is 16.8. The molecule has 0 aliphatic carbocycles. The number of hydrogen-bond acceptors (Lipinski definition) is 6. The van der Waals surface area contributed by atoms with E-state index in [1.54, 1.807) is 17.5 Å². The standard InChI is InChI=1S/C21H30N4O3S/c1-3-19(27)23-8-6-7-15(2)11-17(26)12-16(22)13-20-24-18(14-29-20)21(28)25-9-4-5-10-25/h3,6-7,11,14,16-17,26H,1,4-5,8-10,12-13,22H2,2H3,(H,23,27)/b7-6+,15-11+. The molecule has 1 aliphatic heterocycles. The zero-order valence-electron chi connectivity index (χ0n) is 16.8. The van der Waals surface area contributed by atoms with Crippen molar-refractivity contribution in [1.29, 1.82) is 0 Å². The predicted molar refractivity (Wildman–Crippen MR) is 116 cm³/mol. The second-order valence-corrected chi connectivity index (χ2v) is 8.10. The average molecular weight is 419 g/mol. The van der Waals surface area contributed by atoms with Gasteiger partial charge in [0.2, 0.25) is 5.91 Å². The number of likely N-dealkylation sites (tertiary alicyclic amines) is 1. The lowest BCUT2D eigenvalue weighted by atomic mass is 10.1. The lowest BCUT2D eigenvalue weighted by Crippen LogP contribution is -2.29. The van der Waals surface area contributed by atoms with E-state index in [1.807, 2.05) is 17.9 Å².